The number of pyridine rings is 1. The van der Waals surface area contributed by atoms with Crippen LogP contribution in [0.5, 0.6) is 5.88 Å². The lowest BCUT2D eigenvalue weighted by Crippen LogP contribution is -2.01. The van der Waals surface area contributed by atoms with Crippen LogP contribution in [0.15, 0.2) is 59.5 Å². The van der Waals surface area contributed by atoms with E-state index in [9.17, 15) is 4.21 Å². The smallest absolute Gasteiger partial charge is 0.217 e. The van der Waals surface area contributed by atoms with Crippen LogP contribution in [-0.4, -0.2) is 16.3 Å². The third-order valence-corrected chi connectivity index (χ3v) is 4.91. The second-order valence-corrected chi connectivity index (χ2v) is 6.68. The van der Waals surface area contributed by atoms with Gasteiger partial charge in [0.25, 0.3) is 0 Å². The first-order valence-corrected chi connectivity index (χ1v) is 8.43. The van der Waals surface area contributed by atoms with Gasteiger partial charge < -0.3 is 4.74 Å². The lowest BCUT2D eigenvalue weighted by Gasteiger charge is -2.09. The molecule has 0 radical (unpaired) electrons. The molecule has 0 aliphatic carbocycles. The molecule has 3 aromatic rings. The third kappa shape index (κ3) is 3.13. The van der Waals surface area contributed by atoms with Crippen molar-refractivity contribution >= 4 is 33.3 Å². The van der Waals surface area contributed by atoms with Crippen LogP contribution < -0.4 is 4.74 Å². The van der Waals surface area contributed by atoms with Gasteiger partial charge in [0, 0.05) is 20.9 Å². The number of rotatable bonds is 4. The van der Waals surface area contributed by atoms with E-state index in [0.717, 1.165) is 21.4 Å². The molecule has 0 aliphatic rings. The molecule has 0 aliphatic heterocycles. The zero-order valence-electron chi connectivity index (χ0n) is 12.0. The van der Waals surface area contributed by atoms with Gasteiger partial charge in [0.05, 0.1) is 29.2 Å². The molecule has 0 N–H and O–H groups in total. The molecule has 3 rings (SSSR count). The zero-order valence-corrected chi connectivity index (χ0v) is 13.5. The first-order chi connectivity index (χ1) is 10.7. The number of fused-ring (bicyclic) bond motifs is 1. The first-order valence-electron chi connectivity index (χ1n) is 6.74. The fraction of sp³-hybridized carbons (Fsp3) is 0.118. The van der Waals surface area contributed by atoms with E-state index in [0.29, 0.717) is 16.7 Å². The molecule has 0 spiro atoms. The van der Waals surface area contributed by atoms with Crippen LogP contribution in [0.4, 0.5) is 0 Å². The Morgan fingerprint density at radius 3 is 2.64 bits per heavy atom. The Labute approximate surface area is 136 Å². The molecule has 1 unspecified atom stereocenters. The van der Waals surface area contributed by atoms with E-state index in [1.165, 1.54) is 0 Å². The second-order valence-electron chi connectivity index (χ2n) is 4.80. The number of methoxy groups -OCH3 is 1. The molecule has 3 nitrogen and oxygen atoms in total. The highest BCUT2D eigenvalue weighted by Crippen LogP contribution is 2.26. The van der Waals surface area contributed by atoms with Crippen LogP contribution in [0.2, 0.25) is 5.02 Å². The summed E-state index contributed by atoms with van der Waals surface area (Å²) in [5.74, 6) is 0.849. The van der Waals surface area contributed by atoms with Crippen LogP contribution in [0.3, 0.4) is 0 Å². The van der Waals surface area contributed by atoms with Gasteiger partial charge in [0.15, 0.2) is 0 Å². The molecule has 1 atom stereocenters. The summed E-state index contributed by atoms with van der Waals surface area (Å²) in [5.41, 5.74) is 1.61. The summed E-state index contributed by atoms with van der Waals surface area (Å²) in [5, 5.41) is 1.56. The molecule has 0 fully saturated rings. The first kappa shape index (κ1) is 15.0. The Bertz CT molecular complexity index is 837. The van der Waals surface area contributed by atoms with E-state index < -0.39 is 10.8 Å². The van der Waals surface area contributed by atoms with Gasteiger partial charge in [-0.15, -0.1) is 0 Å². The molecule has 0 saturated heterocycles. The molecule has 1 aromatic heterocycles. The fourth-order valence-electron chi connectivity index (χ4n) is 2.25. The average Bonchev–Trinajstić information content (AvgIpc) is 2.55. The van der Waals surface area contributed by atoms with Crippen molar-refractivity contribution in [2.45, 2.75) is 10.6 Å². The zero-order chi connectivity index (χ0) is 15.5. The Hall–Kier alpha value is -1.91. The van der Waals surface area contributed by atoms with Gasteiger partial charge in [-0.2, -0.15) is 0 Å². The van der Waals surface area contributed by atoms with Gasteiger partial charge >= 0.3 is 0 Å². The summed E-state index contributed by atoms with van der Waals surface area (Å²) in [6.07, 6.45) is 0. The fourth-order valence-corrected chi connectivity index (χ4v) is 3.55. The van der Waals surface area contributed by atoms with Gasteiger partial charge in [-0.1, -0.05) is 29.8 Å². The van der Waals surface area contributed by atoms with Crippen molar-refractivity contribution < 1.29 is 8.95 Å². The summed E-state index contributed by atoms with van der Waals surface area (Å²) < 4.78 is 17.8. The maximum atomic E-state index is 12.5. The molecule has 5 heteroatoms. The maximum absolute atomic E-state index is 12.5. The van der Waals surface area contributed by atoms with Crippen molar-refractivity contribution in [3.63, 3.8) is 0 Å². The van der Waals surface area contributed by atoms with Crippen LogP contribution in [0.1, 0.15) is 5.56 Å². The Kier molecular flexibility index (Phi) is 4.41. The summed E-state index contributed by atoms with van der Waals surface area (Å²) in [7, 11) is 0.421. The van der Waals surface area contributed by atoms with Crippen LogP contribution in [0, 0.1) is 0 Å². The summed E-state index contributed by atoms with van der Waals surface area (Å²) in [6, 6.07) is 16.8. The number of nitrogens with zero attached hydrogens (tertiary/aromatic N) is 1. The summed E-state index contributed by atoms with van der Waals surface area (Å²) in [6.45, 7) is 0. The summed E-state index contributed by atoms with van der Waals surface area (Å²) in [4.78, 5) is 5.25. The minimum atomic E-state index is -1.15. The predicted molar refractivity (Wildman–Crippen MR) is 89.9 cm³/mol. The van der Waals surface area contributed by atoms with Gasteiger partial charge in [-0.3, -0.25) is 4.21 Å². The molecular formula is C17H14ClNO2S. The van der Waals surface area contributed by atoms with Crippen LogP contribution >= 0.6 is 11.6 Å². The number of aromatic nitrogens is 1. The highest BCUT2D eigenvalue weighted by molar-refractivity contribution is 7.84. The molecule has 0 bridgehead atoms. The second kappa shape index (κ2) is 6.46. The number of benzene rings is 2. The van der Waals surface area contributed by atoms with E-state index in [4.69, 9.17) is 16.3 Å². The van der Waals surface area contributed by atoms with Gasteiger partial charge in [0.1, 0.15) is 0 Å². The van der Waals surface area contributed by atoms with Crippen molar-refractivity contribution in [2.24, 2.45) is 0 Å². The van der Waals surface area contributed by atoms with Gasteiger partial charge in [0.2, 0.25) is 5.88 Å². The van der Waals surface area contributed by atoms with Crippen molar-refractivity contribution in [3.05, 3.63) is 65.2 Å². The highest BCUT2D eigenvalue weighted by Gasteiger charge is 2.12. The average molecular weight is 332 g/mol. The molecule has 22 heavy (non-hydrogen) atoms. The molecule has 0 saturated carbocycles. The Morgan fingerprint density at radius 2 is 1.91 bits per heavy atom. The molecular weight excluding hydrogens is 318 g/mol. The van der Waals surface area contributed by atoms with E-state index in [2.05, 4.69) is 4.98 Å². The van der Waals surface area contributed by atoms with Crippen molar-refractivity contribution in [2.75, 3.05) is 7.11 Å². The SMILES string of the molecule is COc1nc2ccc(Cl)cc2cc1CS(=O)c1ccccc1. The van der Waals surface area contributed by atoms with Gasteiger partial charge in [-0.05, 0) is 36.4 Å². The topological polar surface area (TPSA) is 39.2 Å². The number of halogens is 1. The van der Waals surface area contributed by atoms with Crippen LogP contribution in [0.25, 0.3) is 10.9 Å². The molecule has 1 heterocycles. The normalized spacial score (nSPS) is 12.3. The van der Waals surface area contributed by atoms with Crippen molar-refractivity contribution in [1.82, 2.24) is 4.98 Å². The molecule has 0 amide bonds. The van der Waals surface area contributed by atoms with Crippen molar-refractivity contribution in [3.8, 4) is 5.88 Å². The van der Waals surface area contributed by atoms with E-state index in [1.807, 2.05) is 48.5 Å². The van der Waals surface area contributed by atoms with E-state index in [-0.39, 0.29) is 0 Å². The maximum Gasteiger partial charge on any atom is 0.217 e. The van der Waals surface area contributed by atoms with Crippen molar-refractivity contribution in [1.29, 1.82) is 0 Å². The Balaban J connectivity index is 2.00. The quantitative estimate of drug-likeness (QED) is 0.719. The Morgan fingerprint density at radius 1 is 1.14 bits per heavy atom. The van der Waals surface area contributed by atoms with Crippen LogP contribution in [-0.2, 0) is 16.6 Å². The number of hydrogen-bond donors (Lipinski definition) is 0. The lowest BCUT2D eigenvalue weighted by molar-refractivity contribution is 0.396. The predicted octanol–water partition coefficient (Wildman–Crippen LogP) is 4.20. The minimum absolute atomic E-state index is 0.350. The highest BCUT2D eigenvalue weighted by atomic mass is 35.5. The molecule has 112 valence electrons. The third-order valence-electron chi connectivity index (χ3n) is 3.30. The number of hydrogen-bond acceptors (Lipinski definition) is 3. The standard InChI is InChI=1S/C17H14ClNO2S/c1-21-17-13(11-22(20)15-5-3-2-4-6-15)9-12-10-14(18)7-8-16(12)19-17/h2-10H,11H2,1H3. The monoisotopic (exact) mass is 331 g/mol. The van der Waals surface area contributed by atoms with Gasteiger partial charge in [-0.25, -0.2) is 4.98 Å². The van der Waals surface area contributed by atoms with E-state index >= 15 is 0 Å². The lowest BCUT2D eigenvalue weighted by atomic mass is 10.1. The van der Waals surface area contributed by atoms with E-state index in [1.54, 1.807) is 13.2 Å². The summed E-state index contributed by atoms with van der Waals surface area (Å²) >= 11 is 6.03. The minimum Gasteiger partial charge on any atom is -0.481 e. The number of ether oxygens (including phenoxy) is 1. The molecule has 2 aromatic carbocycles. The largest absolute Gasteiger partial charge is 0.481 e.